The third-order valence-electron chi connectivity index (χ3n) is 4.26. The molecule has 0 aliphatic heterocycles. The lowest BCUT2D eigenvalue weighted by Crippen LogP contribution is -2.51. The molecule has 0 spiro atoms. The molecule has 1 amide bonds. The Hall–Kier alpha value is -1.56. The van der Waals surface area contributed by atoms with Crippen LogP contribution < -0.4 is 11.1 Å². The Kier molecular flexibility index (Phi) is 7.06. The van der Waals surface area contributed by atoms with Gasteiger partial charge in [0, 0.05) is 30.2 Å². The monoisotopic (exact) mass is 356 g/mol. The third kappa shape index (κ3) is 4.25. The van der Waals surface area contributed by atoms with Crippen molar-refractivity contribution in [3.63, 3.8) is 0 Å². The number of carbonyl (C=O) groups is 1. The molecule has 3 N–H and O–H groups in total. The fourth-order valence-electron chi connectivity index (χ4n) is 2.94. The highest BCUT2D eigenvalue weighted by molar-refractivity contribution is 5.94. The molecule has 1 aromatic carbocycles. The molecule has 0 atom stereocenters. The number of benzene rings is 1. The highest BCUT2D eigenvalue weighted by Gasteiger charge is 2.33. The minimum Gasteiger partial charge on any atom is -0.345 e. The van der Waals surface area contributed by atoms with E-state index in [1.165, 1.54) is 0 Å². The van der Waals surface area contributed by atoms with E-state index in [0.717, 1.165) is 31.4 Å². The maximum absolute atomic E-state index is 12.4. The molecule has 1 saturated carbocycles. The quantitative estimate of drug-likeness (QED) is 0.884. The van der Waals surface area contributed by atoms with Crippen LogP contribution in [0.2, 0.25) is 0 Å². The number of aromatic nitrogens is 2. The summed E-state index contributed by atoms with van der Waals surface area (Å²) in [4.78, 5) is 16.4. The van der Waals surface area contributed by atoms with Gasteiger partial charge in [-0.1, -0.05) is 12.8 Å². The first-order valence-corrected chi connectivity index (χ1v) is 7.33. The van der Waals surface area contributed by atoms with E-state index in [9.17, 15) is 4.79 Å². The molecule has 1 aliphatic rings. The Morgan fingerprint density at radius 2 is 1.87 bits per heavy atom. The number of nitrogens with one attached hydrogen (secondary N) is 1. The van der Waals surface area contributed by atoms with Gasteiger partial charge in [-0.2, -0.15) is 0 Å². The summed E-state index contributed by atoms with van der Waals surface area (Å²) in [5, 5.41) is 3.13. The minimum atomic E-state index is -0.208. The van der Waals surface area contributed by atoms with Crippen LogP contribution in [-0.2, 0) is 0 Å². The molecule has 0 saturated heterocycles. The van der Waals surface area contributed by atoms with Crippen LogP contribution in [0.4, 0.5) is 0 Å². The number of rotatable bonds is 4. The lowest BCUT2D eigenvalue weighted by molar-refractivity contribution is 0.0903. The van der Waals surface area contributed by atoms with E-state index in [2.05, 4.69) is 10.3 Å². The molecule has 0 radical (unpaired) electrons. The van der Waals surface area contributed by atoms with Crippen LogP contribution in [0.3, 0.4) is 0 Å². The number of nitrogens with zero attached hydrogens (tertiary/aromatic N) is 2. The average molecular weight is 357 g/mol. The van der Waals surface area contributed by atoms with Gasteiger partial charge >= 0.3 is 0 Å². The van der Waals surface area contributed by atoms with Crippen molar-refractivity contribution in [2.45, 2.75) is 31.2 Å². The van der Waals surface area contributed by atoms with Crippen LogP contribution in [0.15, 0.2) is 43.0 Å². The predicted molar refractivity (Wildman–Crippen MR) is 95.8 cm³/mol. The Bertz CT molecular complexity index is 608. The van der Waals surface area contributed by atoms with Crippen molar-refractivity contribution in [2.24, 2.45) is 5.73 Å². The standard InChI is InChI=1S/C16H20N4O.2ClH/c17-11-16(7-1-2-8-16)19-15(21)13-3-5-14(6-4-13)20-10-9-18-12-20;;/h3-6,9-10,12H,1-2,7-8,11,17H2,(H,19,21);2*1H. The number of nitrogens with two attached hydrogens (primary N) is 1. The van der Waals surface area contributed by atoms with Crippen molar-refractivity contribution in [1.29, 1.82) is 0 Å². The van der Waals surface area contributed by atoms with E-state index in [4.69, 9.17) is 5.73 Å². The van der Waals surface area contributed by atoms with Crippen LogP contribution in [0.25, 0.3) is 5.69 Å². The van der Waals surface area contributed by atoms with Crippen molar-refractivity contribution in [2.75, 3.05) is 6.54 Å². The van der Waals surface area contributed by atoms with Gasteiger partial charge in [-0.25, -0.2) is 4.98 Å². The molecule has 1 aliphatic carbocycles. The highest BCUT2D eigenvalue weighted by Crippen LogP contribution is 2.29. The number of amides is 1. The highest BCUT2D eigenvalue weighted by atomic mass is 35.5. The van der Waals surface area contributed by atoms with Gasteiger partial charge in [0.1, 0.15) is 0 Å². The normalized spacial score (nSPS) is 15.3. The second kappa shape index (κ2) is 8.34. The van der Waals surface area contributed by atoms with Gasteiger partial charge in [0.05, 0.1) is 11.9 Å². The first kappa shape index (κ1) is 19.5. The Labute approximate surface area is 148 Å². The van der Waals surface area contributed by atoms with E-state index < -0.39 is 0 Å². The number of imidazole rings is 1. The summed E-state index contributed by atoms with van der Waals surface area (Å²) in [6.45, 7) is 0.506. The van der Waals surface area contributed by atoms with Crippen LogP contribution in [-0.4, -0.2) is 27.5 Å². The first-order valence-electron chi connectivity index (χ1n) is 7.33. The number of halogens is 2. The van der Waals surface area contributed by atoms with Crippen molar-refractivity contribution in [1.82, 2.24) is 14.9 Å². The molecule has 3 rings (SSSR count). The van der Waals surface area contributed by atoms with Crippen LogP contribution in [0, 0.1) is 0 Å². The van der Waals surface area contributed by atoms with E-state index in [-0.39, 0.29) is 36.3 Å². The van der Waals surface area contributed by atoms with E-state index in [1.54, 1.807) is 12.5 Å². The fourth-order valence-corrected chi connectivity index (χ4v) is 2.94. The zero-order chi connectivity index (χ0) is 14.7. The van der Waals surface area contributed by atoms with Gasteiger partial charge in [-0.3, -0.25) is 4.79 Å². The average Bonchev–Trinajstić information content (AvgIpc) is 3.19. The van der Waals surface area contributed by atoms with Gasteiger partial charge in [-0.15, -0.1) is 24.8 Å². The van der Waals surface area contributed by atoms with Gasteiger partial charge in [0.15, 0.2) is 0 Å². The van der Waals surface area contributed by atoms with Gasteiger partial charge in [0.2, 0.25) is 0 Å². The summed E-state index contributed by atoms with van der Waals surface area (Å²) in [5.74, 6) is -0.0421. The third-order valence-corrected chi connectivity index (χ3v) is 4.26. The lowest BCUT2D eigenvalue weighted by Gasteiger charge is -2.28. The van der Waals surface area contributed by atoms with Crippen molar-refractivity contribution in [3.05, 3.63) is 48.5 Å². The summed E-state index contributed by atoms with van der Waals surface area (Å²) in [5.41, 5.74) is 7.30. The van der Waals surface area contributed by atoms with Crippen molar-refractivity contribution >= 4 is 30.7 Å². The summed E-state index contributed by atoms with van der Waals surface area (Å²) in [6, 6.07) is 7.51. The molecule has 0 bridgehead atoms. The van der Waals surface area contributed by atoms with Crippen LogP contribution in [0.1, 0.15) is 36.0 Å². The molecular formula is C16H22Cl2N4O. The SMILES string of the molecule is Cl.Cl.NCC1(NC(=O)c2ccc(-n3ccnc3)cc2)CCCC1. The second-order valence-corrected chi connectivity index (χ2v) is 5.66. The number of hydrogen-bond acceptors (Lipinski definition) is 3. The minimum absolute atomic E-state index is 0. The maximum Gasteiger partial charge on any atom is 0.251 e. The molecule has 1 aromatic heterocycles. The molecule has 7 heteroatoms. The Morgan fingerprint density at radius 1 is 1.22 bits per heavy atom. The van der Waals surface area contributed by atoms with Gasteiger partial charge < -0.3 is 15.6 Å². The van der Waals surface area contributed by atoms with Crippen molar-refractivity contribution < 1.29 is 4.79 Å². The zero-order valence-electron chi connectivity index (χ0n) is 12.8. The van der Waals surface area contributed by atoms with Crippen molar-refractivity contribution in [3.8, 4) is 5.69 Å². The molecule has 1 heterocycles. The topological polar surface area (TPSA) is 72.9 Å². The second-order valence-electron chi connectivity index (χ2n) is 5.66. The lowest BCUT2D eigenvalue weighted by atomic mass is 9.97. The van der Waals surface area contributed by atoms with Crippen LogP contribution >= 0.6 is 24.8 Å². The molecule has 0 unspecified atom stereocenters. The van der Waals surface area contributed by atoms with E-state index in [0.29, 0.717) is 12.1 Å². The number of carbonyl (C=O) groups excluding carboxylic acids is 1. The first-order chi connectivity index (χ1) is 10.2. The molecular weight excluding hydrogens is 335 g/mol. The Balaban J connectivity index is 0.00000132. The molecule has 5 nitrogen and oxygen atoms in total. The zero-order valence-corrected chi connectivity index (χ0v) is 14.4. The Morgan fingerprint density at radius 3 is 2.39 bits per heavy atom. The summed E-state index contributed by atoms with van der Waals surface area (Å²) in [7, 11) is 0. The fraction of sp³-hybridized carbons (Fsp3) is 0.375. The van der Waals surface area contributed by atoms with E-state index in [1.807, 2.05) is 35.0 Å². The molecule has 2 aromatic rings. The van der Waals surface area contributed by atoms with Gasteiger partial charge in [0.25, 0.3) is 5.91 Å². The number of hydrogen-bond donors (Lipinski definition) is 2. The van der Waals surface area contributed by atoms with Gasteiger partial charge in [-0.05, 0) is 37.1 Å². The smallest absolute Gasteiger partial charge is 0.251 e. The largest absolute Gasteiger partial charge is 0.345 e. The summed E-state index contributed by atoms with van der Waals surface area (Å²) >= 11 is 0. The predicted octanol–water partition coefficient (Wildman–Crippen LogP) is 2.72. The summed E-state index contributed by atoms with van der Waals surface area (Å²) in [6.07, 6.45) is 9.55. The van der Waals surface area contributed by atoms with E-state index >= 15 is 0 Å². The van der Waals surface area contributed by atoms with Crippen LogP contribution in [0.5, 0.6) is 0 Å². The summed E-state index contributed by atoms with van der Waals surface area (Å²) < 4.78 is 1.90. The molecule has 23 heavy (non-hydrogen) atoms. The molecule has 126 valence electrons. The molecule has 1 fully saturated rings. The maximum atomic E-state index is 12.4.